The number of rotatable bonds is 3. The van der Waals surface area contributed by atoms with Gasteiger partial charge in [0.25, 0.3) is 5.91 Å². The van der Waals surface area contributed by atoms with E-state index >= 15 is 0 Å². The molecule has 0 spiro atoms. The summed E-state index contributed by atoms with van der Waals surface area (Å²) in [5.41, 5.74) is 8.53. The molecule has 0 aliphatic heterocycles. The molecule has 0 saturated heterocycles. The molecule has 1 aliphatic rings. The monoisotopic (exact) mass is 368 g/mol. The van der Waals surface area contributed by atoms with Gasteiger partial charge in [0.15, 0.2) is 5.43 Å². The number of halogens is 1. The van der Waals surface area contributed by atoms with Crippen molar-refractivity contribution in [2.24, 2.45) is 5.73 Å². The molecule has 7 heteroatoms. The number of fused-ring (bicyclic) bond motifs is 1. The molecule has 1 saturated carbocycles. The van der Waals surface area contributed by atoms with Crippen LogP contribution < -0.4 is 11.2 Å². The molecule has 6 nitrogen and oxygen atoms in total. The summed E-state index contributed by atoms with van der Waals surface area (Å²) in [6.45, 7) is 4.04. The Balaban J connectivity index is 1.92. The number of nitrogens with two attached hydrogens (primary N) is 1. The first kappa shape index (κ1) is 16.7. The highest BCUT2D eigenvalue weighted by Crippen LogP contribution is 2.49. The number of amides is 1. The number of aryl methyl sites for hydroxylation is 1. The van der Waals surface area contributed by atoms with Crippen molar-refractivity contribution in [1.82, 2.24) is 15.0 Å². The molecule has 3 aromatic rings. The molecular weight excluding hydrogens is 352 g/mol. The van der Waals surface area contributed by atoms with Gasteiger partial charge in [-0.15, -0.1) is 0 Å². The van der Waals surface area contributed by atoms with Crippen molar-refractivity contribution in [3.05, 3.63) is 56.7 Å². The number of nitrogens with zero attached hydrogens (tertiary/aromatic N) is 2. The number of primary amides is 1. The van der Waals surface area contributed by atoms with Gasteiger partial charge in [-0.25, -0.2) is 0 Å². The van der Waals surface area contributed by atoms with Crippen LogP contribution in [0.1, 0.15) is 41.6 Å². The van der Waals surface area contributed by atoms with Gasteiger partial charge in [-0.3, -0.25) is 19.6 Å². The van der Waals surface area contributed by atoms with Crippen molar-refractivity contribution >= 4 is 28.4 Å². The average molecular weight is 369 g/mol. The normalized spacial score (nSPS) is 15.2. The van der Waals surface area contributed by atoms with Gasteiger partial charge in [0.1, 0.15) is 5.69 Å². The second-order valence-electron chi connectivity index (χ2n) is 7.01. The summed E-state index contributed by atoms with van der Waals surface area (Å²) in [4.78, 5) is 35.9. The minimum atomic E-state index is -0.739. The van der Waals surface area contributed by atoms with E-state index in [1.54, 1.807) is 6.07 Å². The number of H-pyrrole nitrogens is 1. The highest BCUT2D eigenvalue weighted by Gasteiger charge is 2.42. The molecule has 0 unspecified atom stereocenters. The fourth-order valence-corrected chi connectivity index (χ4v) is 3.61. The highest BCUT2D eigenvalue weighted by atomic mass is 35.5. The molecule has 3 heterocycles. The summed E-state index contributed by atoms with van der Waals surface area (Å²) in [5, 5.41) is 0.779. The number of pyridine rings is 3. The van der Waals surface area contributed by atoms with E-state index in [-0.39, 0.29) is 21.9 Å². The lowest BCUT2D eigenvalue weighted by Crippen LogP contribution is -2.17. The first-order chi connectivity index (χ1) is 12.3. The molecule has 26 heavy (non-hydrogen) atoms. The fraction of sp³-hybridized carbons (Fsp3) is 0.263. The molecule has 132 valence electrons. The molecule has 1 amide bonds. The summed E-state index contributed by atoms with van der Waals surface area (Å²) in [6, 6.07) is 4.90. The zero-order chi connectivity index (χ0) is 18.6. The zero-order valence-corrected chi connectivity index (χ0v) is 15.1. The van der Waals surface area contributed by atoms with Crippen molar-refractivity contribution in [2.45, 2.75) is 32.1 Å². The maximum atomic E-state index is 12.6. The standard InChI is InChI=1S/C19H17ClN4O2/c1-9-10(7-11(20)17(23-9)19(2)4-5-19)13-8-14(25)15-12(24-13)3-6-22-16(15)18(21)26/h3,6-8H,4-5H2,1-2H3,(H2,21,26)(H,24,25). The number of nitrogens with one attached hydrogen (secondary N) is 1. The Bertz CT molecular complexity index is 1130. The largest absolute Gasteiger partial charge is 0.364 e. The Morgan fingerprint density at radius 3 is 2.73 bits per heavy atom. The predicted octanol–water partition coefficient (Wildman–Crippen LogP) is 3.10. The lowest BCUT2D eigenvalue weighted by Gasteiger charge is -2.15. The van der Waals surface area contributed by atoms with Crippen LogP contribution in [0.3, 0.4) is 0 Å². The van der Waals surface area contributed by atoms with Crippen molar-refractivity contribution in [3.8, 4) is 11.3 Å². The molecule has 0 bridgehead atoms. The molecular formula is C19H17ClN4O2. The first-order valence-corrected chi connectivity index (χ1v) is 8.68. The van der Waals surface area contributed by atoms with Crippen LogP contribution in [0.15, 0.2) is 29.2 Å². The minimum absolute atomic E-state index is 0.0415. The maximum absolute atomic E-state index is 12.6. The highest BCUT2D eigenvalue weighted by molar-refractivity contribution is 6.31. The van der Waals surface area contributed by atoms with Gasteiger partial charge in [0, 0.05) is 28.9 Å². The van der Waals surface area contributed by atoms with Gasteiger partial charge in [-0.2, -0.15) is 0 Å². The Morgan fingerprint density at radius 1 is 1.35 bits per heavy atom. The zero-order valence-electron chi connectivity index (χ0n) is 14.4. The summed E-state index contributed by atoms with van der Waals surface area (Å²) in [6.07, 6.45) is 3.60. The summed E-state index contributed by atoms with van der Waals surface area (Å²) in [5.74, 6) is -0.739. The van der Waals surface area contributed by atoms with Crippen molar-refractivity contribution in [1.29, 1.82) is 0 Å². The molecule has 1 fully saturated rings. The van der Waals surface area contributed by atoms with E-state index in [2.05, 4.69) is 16.9 Å². The topological polar surface area (TPSA) is 102 Å². The van der Waals surface area contributed by atoms with Crippen LogP contribution in [0.5, 0.6) is 0 Å². The van der Waals surface area contributed by atoms with Gasteiger partial charge >= 0.3 is 0 Å². The van der Waals surface area contributed by atoms with Gasteiger partial charge < -0.3 is 10.7 Å². The van der Waals surface area contributed by atoms with Gasteiger partial charge in [0.05, 0.1) is 27.3 Å². The Labute approximate surface area is 154 Å². The third kappa shape index (κ3) is 2.57. The summed E-state index contributed by atoms with van der Waals surface area (Å²) >= 11 is 6.48. The van der Waals surface area contributed by atoms with Crippen molar-refractivity contribution in [2.75, 3.05) is 0 Å². The predicted molar refractivity (Wildman–Crippen MR) is 100 cm³/mol. The average Bonchev–Trinajstić information content (AvgIpc) is 3.34. The smallest absolute Gasteiger partial charge is 0.268 e. The number of aromatic amines is 1. The van der Waals surface area contributed by atoms with Gasteiger partial charge in [-0.1, -0.05) is 18.5 Å². The van der Waals surface area contributed by atoms with Gasteiger partial charge in [-0.05, 0) is 31.9 Å². The number of hydrogen-bond acceptors (Lipinski definition) is 4. The lowest BCUT2D eigenvalue weighted by atomic mass is 10.0. The Hall–Kier alpha value is -2.73. The molecule has 0 radical (unpaired) electrons. The van der Waals surface area contributed by atoms with E-state index in [1.807, 2.05) is 13.0 Å². The fourth-order valence-electron chi connectivity index (χ4n) is 3.23. The van der Waals surface area contributed by atoms with E-state index in [0.717, 1.165) is 29.8 Å². The van der Waals surface area contributed by atoms with Crippen LogP contribution in [0, 0.1) is 6.92 Å². The summed E-state index contributed by atoms with van der Waals surface area (Å²) in [7, 11) is 0. The van der Waals surface area contributed by atoms with Crippen LogP contribution in [0.4, 0.5) is 0 Å². The number of carbonyl (C=O) groups is 1. The Morgan fingerprint density at radius 2 is 2.08 bits per heavy atom. The van der Waals surface area contributed by atoms with E-state index < -0.39 is 5.91 Å². The number of aromatic nitrogens is 3. The van der Waals surface area contributed by atoms with Gasteiger partial charge in [0.2, 0.25) is 0 Å². The molecule has 0 aromatic carbocycles. The second kappa shape index (κ2) is 5.64. The molecule has 1 aliphatic carbocycles. The quantitative estimate of drug-likeness (QED) is 0.741. The number of hydrogen-bond donors (Lipinski definition) is 2. The maximum Gasteiger partial charge on any atom is 0.268 e. The minimum Gasteiger partial charge on any atom is -0.364 e. The molecule has 4 rings (SSSR count). The van der Waals surface area contributed by atoms with Crippen molar-refractivity contribution in [3.63, 3.8) is 0 Å². The van der Waals surface area contributed by atoms with E-state index in [0.29, 0.717) is 16.2 Å². The van der Waals surface area contributed by atoms with E-state index in [9.17, 15) is 9.59 Å². The van der Waals surface area contributed by atoms with E-state index in [4.69, 9.17) is 22.3 Å². The molecule has 3 N–H and O–H groups in total. The first-order valence-electron chi connectivity index (χ1n) is 8.30. The number of carbonyl (C=O) groups excluding carboxylic acids is 1. The third-order valence-electron chi connectivity index (χ3n) is 5.00. The van der Waals surface area contributed by atoms with Crippen LogP contribution in [0.25, 0.3) is 22.2 Å². The van der Waals surface area contributed by atoms with Crippen LogP contribution in [0.2, 0.25) is 5.02 Å². The summed E-state index contributed by atoms with van der Waals surface area (Å²) < 4.78 is 0. The van der Waals surface area contributed by atoms with Crippen molar-refractivity contribution < 1.29 is 4.79 Å². The van der Waals surface area contributed by atoms with Crippen LogP contribution >= 0.6 is 11.6 Å². The van der Waals surface area contributed by atoms with E-state index in [1.165, 1.54) is 12.3 Å². The second-order valence-corrected chi connectivity index (χ2v) is 7.41. The molecule has 3 aromatic heterocycles. The van der Waals surface area contributed by atoms with Crippen LogP contribution in [-0.4, -0.2) is 20.9 Å². The third-order valence-corrected chi connectivity index (χ3v) is 5.29. The van der Waals surface area contributed by atoms with Crippen LogP contribution in [-0.2, 0) is 5.41 Å². The Kier molecular flexibility index (Phi) is 3.63. The lowest BCUT2D eigenvalue weighted by molar-refractivity contribution is 0.0997. The molecule has 0 atom stereocenters. The SMILES string of the molecule is Cc1nc(C2(C)CC2)c(Cl)cc1-c1cc(=O)c2c(C(N)=O)nccc2[nH]1.